The van der Waals surface area contributed by atoms with Gasteiger partial charge in [0, 0.05) is 33.5 Å². The van der Waals surface area contributed by atoms with E-state index in [0.717, 1.165) is 38.9 Å². The molecule has 0 bridgehead atoms. The van der Waals surface area contributed by atoms with E-state index in [9.17, 15) is 4.79 Å². The number of rotatable bonds is 12. The summed E-state index contributed by atoms with van der Waals surface area (Å²) in [6.07, 6.45) is 4.06. The van der Waals surface area contributed by atoms with Gasteiger partial charge in [0.1, 0.15) is 12.2 Å². The number of esters is 1. The Morgan fingerprint density at radius 2 is 1.45 bits per heavy atom. The second kappa shape index (κ2) is 12.1. The summed E-state index contributed by atoms with van der Waals surface area (Å²) in [5, 5.41) is 0. The van der Waals surface area contributed by atoms with E-state index >= 15 is 0 Å². The number of carbonyl (C=O) groups is 1. The van der Waals surface area contributed by atoms with Crippen molar-refractivity contribution in [2.75, 3.05) is 40.1 Å². The van der Waals surface area contributed by atoms with Crippen molar-refractivity contribution in [3.05, 3.63) is 0 Å². The van der Waals surface area contributed by atoms with Crippen molar-refractivity contribution in [3.63, 3.8) is 0 Å². The molecule has 0 aromatic heterocycles. The van der Waals surface area contributed by atoms with E-state index in [0.29, 0.717) is 13.2 Å². The molecule has 0 aliphatic rings. The van der Waals surface area contributed by atoms with Gasteiger partial charge in [0.15, 0.2) is 0 Å². The molecule has 0 aliphatic carbocycles. The molecule has 0 amide bonds. The normalized spacial score (nSPS) is 11.6. The van der Waals surface area contributed by atoms with Crippen LogP contribution in [0.5, 0.6) is 0 Å². The van der Waals surface area contributed by atoms with Crippen LogP contribution >= 0.6 is 0 Å². The summed E-state index contributed by atoms with van der Waals surface area (Å²) >= 11 is 0. The molecule has 5 heteroatoms. The fourth-order valence-corrected chi connectivity index (χ4v) is 1.52. The monoisotopic (exact) mass is 290 g/mol. The number of hydrogen-bond acceptors (Lipinski definition) is 5. The van der Waals surface area contributed by atoms with Crippen LogP contribution in [0.15, 0.2) is 0 Å². The molecule has 20 heavy (non-hydrogen) atoms. The van der Waals surface area contributed by atoms with E-state index in [-0.39, 0.29) is 12.6 Å². The largest absolute Gasteiger partial charge is 0.458 e. The van der Waals surface area contributed by atoms with Gasteiger partial charge >= 0.3 is 5.97 Å². The first-order valence-electron chi connectivity index (χ1n) is 7.32. The van der Waals surface area contributed by atoms with Crippen molar-refractivity contribution in [1.82, 2.24) is 0 Å². The van der Waals surface area contributed by atoms with Crippen molar-refractivity contribution >= 4 is 5.97 Å². The molecule has 0 aliphatic heterocycles. The third-order valence-corrected chi connectivity index (χ3v) is 2.35. The SMILES string of the molecule is COCCCCCOCCCOCC(=O)OC(C)(C)C. The lowest BCUT2D eigenvalue weighted by Gasteiger charge is -2.19. The molecule has 0 saturated carbocycles. The smallest absolute Gasteiger partial charge is 0.332 e. The zero-order chi connectivity index (χ0) is 15.3. The fraction of sp³-hybridized carbons (Fsp3) is 0.933. The van der Waals surface area contributed by atoms with Crippen molar-refractivity contribution in [2.24, 2.45) is 0 Å². The molecule has 0 radical (unpaired) electrons. The Balaban J connectivity index is 3.19. The highest BCUT2D eigenvalue weighted by molar-refractivity contribution is 5.71. The lowest BCUT2D eigenvalue weighted by Crippen LogP contribution is -2.26. The number of hydrogen-bond donors (Lipinski definition) is 0. The van der Waals surface area contributed by atoms with Crippen LogP contribution in [0.2, 0.25) is 0 Å². The van der Waals surface area contributed by atoms with Gasteiger partial charge in [-0.1, -0.05) is 0 Å². The minimum absolute atomic E-state index is 0.00822. The van der Waals surface area contributed by atoms with E-state index < -0.39 is 5.60 Å². The summed E-state index contributed by atoms with van der Waals surface area (Å²) in [5.41, 5.74) is -0.452. The van der Waals surface area contributed by atoms with E-state index in [1.165, 1.54) is 0 Å². The molecule has 0 heterocycles. The van der Waals surface area contributed by atoms with Crippen molar-refractivity contribution in [3.8, 4) is 0 Å². The maximum absolute atomic E-state index is 11.3. The molecule has 0 fully saturated rings. The zero-order valence-electron chi connectivity index (χ0n) is 13.4. The van der Waals surface area contributed by atoms with Crippen molar-refractivity contribution in [2.45, 2.75) is 52.1 Å². The number of unbranched alkanes of at least 4 members (excludes halogenated alkanes) is 2. The van der Waals surface area contributed by atoms with Crippen LogP contribution in [0.4, 0.5) is 0 Å². The maximum Gasteiger partial charge on any atom is 0.332 e. The number of carbonyl (C=O) groups excluding carboxylic acids is 1. The van der Waals surface area contributed by atoms with Crippen LogP contribution in [0.1, 0.15) is 46.5 Å². The molecule has 0 unspecified atom stereocenters. The molecule has 0 aromatic carbocycles. The van der Waals surface area contributed by atoms with E-state index in [2.05, 4.69) is 0 Å². The van der Waals surface area contributed by atoms with Crippen LogP contribution in [-0.2, 0) is 23.7 Å². The highest BCUT2D eigenvalue weighted by Crippen LogP contribution is 2.06. The van der Waals surface area contributed by atoms with E-state index in [4.69, 9.17) is 18.9 Å². The van der Waals surface area contributed by atoms with Crippen molar-refractivity contribution < 1.29 is 23.7 Å². The van der Waals surface area contributed by atoms with Gasteiger partial charge in [-0.05, 0) is 46.5 Å². The summed E-state index contributed by atoms with van der Waals surface area (Å²) < 4.78 is 20.8. The molecular weight excluding hydrogens is 260 g/mol. The first kappa shape index (κ1) is 19.4. The first-order chi connectivity index (χ1) is 9.45. The van der Waals surface area contributed by atoms with Crippen LogP contribution in [0.25, 0.3) is 0 Å². The minimum atomic E-state index is -0.452. The molecule has 5 nitrogen and oxygen atoms in total. The van der Waals surface area contributed by atoms with Gasteiger partial charge in [-0.25, -0.2) is 4.79 Å². The topological polar surface area (TPSA) is 54.0 Å². The summed E-state index contributed by atoms with van der Waals surface area (Å²) in [7, 11) is 1.72. The second-order valence-corrected chi connectivity index (χ2v) is 5.66. The van der Waals surface area contributed by atoms with Crippen LogP contribution < -0.4 is 0 Å². The second-order valence-electron chi connectivity index (χ2n) is 5.66. The molecule has 0 aromatic rings. The quantitative estimate of drug-likeness (QED) is 0.408. The summed E-state index contributed by atoms with van der Waals surface area (Å²) in [6.45, 7) is 8.30. The highest BCUT2D eigenvalue weighted by atomic mass is 16.6. The Bertz CT molecular complexity index is 235. The number of ether oxygens (including phenoxy) is 4. The first-order valence-corrected chi connectivity index (χ1v) is 7.32. The Morgan fingerprint density at radius 1 is 0.850 bits per heavy atom. The van der Waals surface area contributed by atoms with Crippen LogP contribution in [0, 0.1) is 0 Å². The highest BCUT2D eigenvalue weighted by Gasteiger charge is 2.15. The molecule has 0 saturated heterocycles. The maximum atomic E-state index is 11.3. The van der Waals surface area contributed by atoms with Gasteiger partial charge in [-0.3, -0.25) is 0 Å². The van der Waals surface area contributed by atoms with Gasteiger partial charge in [0.25, 0.3) is 0 Å². The molecule has 0 spiro atoms. The molecule has 0 atom stereocenters. The summed E-state index contributed by atoms with van der Waals surface area (Å²) in [4.78, 5) is 11.3. The molecule has 120 valence electrons. The Morgan fingerprint density at radius 3 is 2.10 bits per heavy atom. The Labute approximate surface area is 122 Å². The van der Waals surface area contributed by atoms with Crippen molar-refractivity contribution in [1.29, 1.82) is 0 Å². The Kier molecular flexibility index (Phi) is 11.7. The average molecular weight is 290 g/mol. The van der Waals surface area contributed by atoms with Crippen LogP contribution in [0.3, 0.4) is 0 Å². The predicted molar refractivity (Wildman–Crippen MR) is 77.8 cm³/mol. The van der Waals surface area contributed by atoms with Gasteiger partial charge in [0.05, 0.1) is 0 Å². The van der Waals surface area contributed by atoms with Gasteiger partial charge in [-0.15, -0.1) is 0 Å². The summed E-state index contributed by atoms with van der Waals surface area (Å²) in [5.74, 6) is -0.323. The third kappa shape index (κ3) is 15.4. The van der Waals surface area contributed by atoms with E-state index in [1.807, 2.05) is 20.8 Å². The fourth-order valence-electron chi connectivity index (χ4n) is 1.52. The van der Waals surface area contributed by atoms with Gasteiger partial charge < -0.3 is 18.9 Å². The van der Waals surface area contributed by atoms with Gasteiger partial charge in [0.2, 0.25) is 0 Å². The molecular formula is C15H30O5. The summed E-state index contributed by atoms with van der Waals surface area (Å²) in [6, 6.07) is 0. The average Bonchev–Trinajstić information content (AvgIpc) is 2.34. The van der Waals surface area contributed by atoms with Gasteiger partial charge in [-0.2, -0.15) is 0 Å². The van der Waals surface area contributed by atoms with E-state index in [1.54, 1.807) is 7.11 Å². The molecule has 0 N–H and O–H groups in total. The predicted octanol–water partition coefficient (Wildman–Crippen LogP) is 2.57. The minimum Gasteiger partial charge on any atom is -0.458 e. The standard InChI is InChI=1S/C15H30O5/c1-15(2,3)20-14(16)13-19-12-8-11-18-10-7-5-6-9-17-4/h5-13H2,1-4H3. The molecule has 0 rings (SSSR count). The number of methoxy groups -OCH3 is 1. The van der Waals surface area contributed by atoms with Crippen LogP contribution in [-0.4, -0.2) is 51.7 Å². The Hall–Kier alpha value is -0.650. The third-order valence-electron chi connectivity index (χ3n) is 2.35. The lowest BCUT2D eigenvalue weighted by atomic mass is 10.2. The lowest BCUT2D eigenvalue weighted by molar-refractivity contribution is -0.160. The zero-order valence-corrected chi connectivity index (χ0v) is 13.4.